The molecule has 2 aromatic heterocycles. The summed E-state index contributed by atoms with van der Waals surface area (Å²) in [6, 6.07) is 14.3. The molecule has 0 bridgehead atoms. The van der Waals surface area contributed by atoms with Crippen molar-refractivity contribution in [2.24, 2.45) is 0 Å². The van der Waals surface area contributed by atoms with Gasteiger partial charge in [0.15, 0.2) is 0 Å². The molecule has 1 saturated heterocycles. The lowest BCUT2D eigenvalue weighted by Gasteiger charge is -2.33. The Balaban J connectivity index is 1.25. The molecule has 1 N–H and O–H groups in total. The van der Waals surface area contributed by atoms with Crippen molar-refractivity contribution in [1.82, 2.24) is 14.7 Å². The van der Waals surface area contributed by atoms with Gasteiger partial charge in [0.2, 0.25) is 10.0 Å². The van der Waals surface area contributed by atoms with Gasteiger partial charge in [-0.05, 0) is 55.7 Å². The maximum atomic E-state index is 12.1. The average Bonchev–Trinajstić information content (AvgIpc) is 3.50. The van der Waals surface area contributed by atoms with Gasteiger partial charge in [0.25, 0.3) is 0 Å². The lowest BCUT2D eigenvalue weighted by molar-refractivity contribution is 0.0156. The summed E-state index contributed by atoms with van der Waals surface area (Å²) in [5.74, 6) is 1.47. The van der Waals surface area contributed by atoms with Gasteiger partial charge in [-0.3, -0.25) is 4.98 Å². The minimum absolute atomic E-state index is 0.0936. The second kappa shape index (κ2) is 10.7. The van der Waals surface area contributed by atoms with Crippen LogP contribution in [0.1, 0.15) is 43.6 Å². The van der Waals surface area contributed by atoms with Gasteiger partial charge in [-0.2, -0.15) is 0 Å². The van der Waals surface area contributed by atoms with E-state index in [2.05, 4.69) is 50.3 Å². The highest BCUT2D eigenvalue weighted by Gasteiger charge is 2.38. The summed E-state index contributed by atoms with van der Waals surface area (Å²) in [5, 5.41) is 2.98. The number of sulfonamides is 1. The molecule has 0 spiro atoms. The molecule has 0 radical (unpaired) electrons. The maximum Gasteiger partial charge on any atom is 0.209 e. The normalized spacial score (nSPS) is 25.1. The predicted octanol–water partition coefficient (Wildman–Crippen LogP) is 4.44. The number of pyridine rings is 1. The van der Waals surface area contributed by atoms with Crippen LogP contribution in [-0.4, -0.2) is 56.0 Å². The maximum absolute atomic E-state index is 12.1. The molecule has 3 aromatic rings. The molecule has 0 amide bonds. The van der Waals surface area contributed by atoms with Gasteiger partial charge < -0.3 is 9.64 Å². The van der Waals surface area contributed by atoms with Gasteiger partial charge in [0.1, 0.15) is 10.8 Å². The van der Waals surface area contributed by atoms with E-state index in [1.54, 1.807) is 23.7 Å². The Bertz CT molecular complexity index is 1200. The summed E-state index contributed by atoms with van der Waals surface area (Å²) in [5.41, 5.74) is 2.45. The van der Waals surface area contributed by atoms with E-state index in [-0.39, 0.29) is 18.2 Å². The summed E-state index contributed by atoms with van der Waals surface area (Å²) in [6.45, 7) is 1.22. The third kappa shape index (κ3) is 6.09. The minimum atomic E-state index is -3.32. The van der Waals surface area contributed by atoms with Gasteiger partial charge in [0.05, 0.1) is 25.0 Å². The Kier molecular flexibility index (Phi) is 7.48. The average molecular weight is 513 g/mol. The first kappa shape index (κ1) is 24.4. The topological polar surface area (TPSA) is 84.4 Å². The van der Waals surface area contributed by atoms with Crippen LogP contribution in [0.3, 0.4) is 0 Å². The minimum Gasteiger partial charge on any atom is -0.376 e. The third-order valence-electron chi connectivity index (χ3n) is 7.07. The summed E-state index contributed by atoms with van der Waals surface area (Å²) < 4.78 is 33.4. The highest BCUT2D eigenvalue weighted by Crippen LogP contribution is 2.35. The molecule has 1 aromatic carbocycles. The summed E-state index contributed by atoms with van der Waals surface area (Å²) in [6.07, 6.45) is 9.98. The van der Waals surface area contributed by atoms with Crippen LogP contribution in [0.2, 0.25) is 0 Å². The van der Waals surface area contributed by atoms with E-state index < -0.39 is 10.0 Å². The molecule has 7 nitrogen and oxygen atoms in total. The van der Waals surface area contributed by atoms with Crippen molar-refractivity contribution >= 4 is 27.2 Å². The van der Waals surface area contributed by atoms with E-state index in [0.29, 0.717) is 12.5 Å². The number of benzene rings is 1. The highest BCUT2D eigenvalue weighted by molar-refractivity contribution is 7.88. The molecule has 1 saturated carbocycles. The zero-order chi connectivity index (χ0) is 24.3. The molecule has 2 atom stereocenters. The quantitative estimate of drug-likeness (QED) is 0.480. The van der Waals surface area contributed by atoms with Crippen LogP contribution in [0.4, 0.5) is 5.82 Å². The Hall–Kier alpha value is -2.33. The first-order chi connectivity index (χ1) is 17.0. The Labute approximate surface area is 211 Å². The summed E-state index contributed by atoms with van der Waals surface area (Å²) in [4.78, 5) is 11.2. The fourth-order valence-electron chi connectivity index (χ4n) is 5.30. The van der Waals surface area contributed by atoms with E-state index in [0.717, 1.165) is 55.0 Å². The van der Waals surface area contributed by atoms with Crippen molar-refractivity contribution in [1.29, 1.82) is 0 Å². The van der Waals surface area contributed by atoms with Gasteiger partial charge in [-0.25, -0.2) is 18.1 Å². The molecule has 0 unspecified atom stereocenters. The van der Waals surface area contributed by atoms with Crippen LogP contribution < -0.4 is 9.62 Å². The zero-order valence-electron chi connectivity index (χ0n) is 19.9. The number of anilines is 1. The summed E-state index contributed by atoms with van der Waals surface area (Å²) >= 11 is 1.59. The van der Waals surface area contributed by atoms with E-state index in [1.807, 2.05) is 12.1 Å². The predicted molar refractivity (Wildman–Crippen MR) is 140 cm³/mol. The number of rotatable bonds is 8. The number of hydrogen-bond acceptors (Lipinski definition) is 7. The van der Waals surface area contributed by atoms with Crippen molar-refractivity contribution in [3.63, 3.8) is 0 Å². The van der Waals surface area contributed by atoms with Crippen LogP contribution in [0.15, 0.2) is 60.2 Å². The fourth-order valence-corrected chi connectivity index (χ4v) is 6.95. The standard InChI is InChI=1S/C26H32N4O3S2/c1-35(31,32)29-23-13-16-30(25-18-34-26(28-25)21-11-14-27-15-12-21)24(23)17-33-22-9-7-20(8-10-22)19-5-3-2-4-6-19/h2-6,11-12,14-15,18,20,22-24,29H,7-10,13,16-17H2,1H3/t20-,22+,23-,24-/m0/s1. The van der Waals surface area contributed by atoms with Gasteiger partial charge in [0, 0.05) is 35.9 Å². The fraction of sp³-hybridized carbons (Fsp3) is 0.462. The molecule has 9 heteroatoms. The smallest absolute Gasteiger partial charge is 0.209 e. The Morgan fingerprint density at radius 3 is 2.51 bits per heavy atom. The van der Waals surface area contributed by atoms with Crippen molar-refractivity contribution in [2.75, 3.05) is 24.3 Å². The van der Waals surface area contributed by atoms with Crippen LogP contribution in [0.25, 0.3) is 10.6 Å². The van der Waals surface area contributed by atoms with E-state index >= 15 is 0 Å². The van der Waals surface area contributed by atoms with Crippen LogP contribution in [0, 0.1) is 0 Å². The van der Waals surface area contributed by atoms with Crippen molar-refractivity contribution < 1.29 is 13.2 Å². The first-order valence-electron chi connectivity index (χ1n) is 12.2. The van der Waals surface area contributed by atoms with Crippen LogP contribution in [-0.2, 0) is 14.8 Å². The number of nitrogens with one attached hydrogen (secondary N) is 1. The third-order valence-corrected chi connectivity index (χ3v) is 8.68. The zero-order valence-corrected chi connectivity index (χ0v) is 21.5. The molecule has 2 fully saturated rings. The Morgan fingerprint density at radius 1 is 1.06 bits per heavy atom. The number of thiazole rings is 1. The van der Waals surface area contributed by atoms with Gasteiger partial charge in [-0.1, -0.05) is 30.3 Å². The van der Waals surface area contributed by atoms with Gasteiger partial charge >= 0.3 is 0 Å². The lowest BCUT2D eigenvalue weighted by Crippen LogP contribution is -2.48. The van der Waals surface area contributed by atoms with Crippen LogP contribution in [0.5, 0.6) is 0 Å². The number of nitrogens with zero attached hydrogens (tertiary/aromatic N) is 3. The molecule has 1 aliphatic heterocycles. The molecule has 2 aliphatic rings. The molecular weight excluding hydrogens is 480 g/mol. The Morgan fingerprint density at radius 2 is 1.80 bits per heavy atom. The second-order valence-corrected chi connectivity index (χ2v) is 12.1. The lowest BCUT2D eigenvalue weighted by atomic mass is 9.83. The number of aromatic nitrogens is 2. The molecule has 5 rings (SSSR count). The highest BCUT2D eigenvalue weighted by atomic mass is 32.2. The van der Waals surface area contributed by atoms with Crippen LogP contribution >= 0.6 is 11.3 Å². The second-order valence-electron chi connectivity index (χ2n) is 9.51. The largest absolute Gasteiger partial charge is 0.376 e. The summed E-state index contributed by atoms with van der Waals surface area (Å²) in [7, 11) is -3.32. The van der Waals surface area contributed by atoms with E-state index in [4.69, 9.17) is 9.72 Å². The van der Waals surface area contributed by atoms with Crippen molar-refractivity contribution in [3.05, 3.63) is 65.8 Å². The molecule has 3 heterocycles. The molecule has 35 heavy (non-hydrogen) atoms. The van der Waals surface area contributed by atoms with Crippen molar-refractivity contribution in [2.45, 2.75) is 56.2 Å². The number of ether oxygens (including phenoxy) is 1. The molecular formula is C26H32N4O3S2. The SMILES string of the molecule is CS(=O)(=O)N[C@H]1CCN(c2csc(-c3ccncc3)n2)[C@H]1CO[C@H]1CC[C@@H](c2ccccc2)CC1. The van der Waals surface area contributed by atoms with E-state index in [9.17, 15) is 8.42 Å². The van der Waals surface area contributed by atoms with E-state index in [1.165, 1.54) is 11.8 Å². The first-order valence-corrected chi connectivity index (χ1v) is 15.0. The number of hydrogen-bond donors (Lipinski definition) is 1. The van der Waals surface area contributed by atoms with Gasteiger partial charge in [-0.15, -0.1) is 11.3 Å². The van der Waals surface area contributed by atoms with Crippen molar-refractivity contribution in [3.8, 4) is 10.6 Å². The monoisotopic (exact) mass is 512 g/mol. The molecule has 1 aliphatic carbocycles. The molecule has 186 valence electrons.